The van der Waals surface area contributed by atoms with Gasteiger partial charge >= 0.3 is 0 Å². The zero-order valence-corrected chi connectivity index (χ0v) is 16.9. The average Bonchev–Trinajstić information content (AvgIpc) is 2.65. The molecule has 1 atom stereocenters. The minimum atomic E-state index is -0.279. The van der Waals surface area contributed by atoms with Gasteiger partial charge in [-0.1, -0.05) is 38.1 Å². The number of quaternary nitrogens is 1. The van der Waals surface area contributed by atoms with Gasteiger partial charge in [0.25, 0.3) is 5.91 Å². The van der Waals surface area contributed by atoms with E-state index in [0.717, 1.165) is 22.4 Å². The van der Waals surface area contributed by atoms with Gasteiger partial charge in [-0.3, -0.25) is 9.59 Å². The monoisotopic (exact) mass is 386 g/mol. The Balaban J connectivity index is 1.83. The fraction of sp³-hybridized carbons (Fsp3) is 0.364. The maximum atomic E-state index is 13.1. The molecule has 0 heterocycles. The highest BCUT2D eigenvalue weighted by atomic mass is 19.1. The minimum absolute atomic E-state index is 0.0371. The smallest absolute Gasteiger partial charge is 0.275 e. The summed E-state index contributed by atoms with van der Waals surface area (Å²) in [6, 6.07) is 12.1. The van der Waals surface area contributed by atoms with Crippen LogP contribution in [0.15, 0.2) is 42.5 Å². The summed E-state index contributed by atoms with van der Waals surface area (Å²) in [5.41, 5.74) is 3.82. The summed E-state index contributed by atoms with van der Waals surface area (Å²) < 4.78 is 13.1. The molecule has 2 aromatic carbocycles. The van der Waals surface area contributed by atoms with E-state index < -0.39 is 0 Å². The van der Waals surface area contributed by atoms with Crippen LogP contribution in [0.1, 0.15) is 36.6 Å². The van der Waals surface area contributed by atoms with Crippen LogP contribution < -0.4 is 16.0 Å². The van der Waals surface area contributed by atoms with Gasteiger partial charge in [0.05, 0.1) is 6.54 Å². The van der Waals surface area contributed by atoms with Crippen LogP contribution in [0.3, 0.4) is 0 Å². The second-order valence-corrected chi connectivity index (χ2v) is 7.33. The lowest BCUT2D eigenvalue weighted by Crippen LogP contribution is -2.88. The summed E-state index contributed by atoms with van der Waals surface area (Å²) in [6.45, 7) is 8.15. The molecule has 0 aliphatic rings. The van der Waals surface area contributed by atoms with E-state index >= 15 is 0 Å². The third-order valence-corrected chi connectivity index (χ3v) is 4.86. The number of rotatable bonds is 8. The molecule has 0 fully saturated rings. The molecule has 0 aliphatic carbocycles. The SMILES string of the molecule is Cc1cccc(NC(=O)CNC(=O)C[NH2+][C@H](c2ccc(F)cc2)C(C)C)c1C. The number of benzene rings is 2. The second kappa shape index (κ2) is 9.99. The average molecular weight is 386 g/mol. The first-order chi connectivity index (χ1) is 13.3. The van der Waals surface area contributed by atoms with Gasteiger partial charge in [-0.25, -0.2) is 4.39 Å². The highest BCUT2D eigenvalue weighted by molar-refractivity contribution is 5.95. The summed E-state index contributed by atoms with van der Waals surface area (Å²) in [4.78, 5) is 24.3. The molecule has 28 heavy (non-hydrogen) atoms. The van der Waals surface area contributed by atoms with Crippen LogP contribution in [-0.4, -0.2) is 24.9 Å². The van der Waals surface area contributed by atoms with Crippen molar-refractivity contribution >= 4 is 17.5 Å². The van der Waals surface area contributed by atoms with Gasteiger partial charge in [-0.15, -0.1) is 0 Å². The lowest BCUT2D eigenvalue weighted by molar-refractivity contribution is -0.692. The molecule has 2 rings (SSSR count). The number of amides is 2. The fourth-order valence-corrected chi connectivity index (χ4v) is 3.04. The van der Waals surface area contributed by atoms with Gasteiger partial charge in [0.1, 0.15) is 11.9 Å². The first-order valence-corrected chi connectivity index (χ1v) is 9.49. The zero-order chi connectivity index (χ0) is 20.7. The predicted molar refractivity (Wildman–Crippen MR) is 108 cm³/mol. The molecule has 0 unspecified atom stereocenters. The Kier molecular flexibility index (Phi) is 7.70. The molecule has 6 heteroatoms. The number of nitrogens with one attached hydrogen (secondary N) is 2. The Morgan fingerprint density at radius 3 is 2.36 bits per heavy atom. The Hall–Kier alpha value is -2.73. The Labute approximate surface area is 165 Å². The third-order valence-electron chi connectivity index (χ3n) is 4.86. The predicted octanol–water partition coefficient (Wildman–Crippen LogP) is 2.46. The van der Waals surface area contributed by atoms with E-state index in [4.69, 9.17) is 0 Å². The molecule has 4 N–H and O–H groups in total. The maximum absolute atomic E-state index is 13.1. The number of halogens is 1. The summed E-state index contributed by atoms with van der Waals surface area (Å²) in [7, 11) is 0. The van der Waals surface area contributed by atoms with Crippen LogP contribution >= 0.6 is 0 Å². The number of aryl methyl sites for hydroxylation is 1. The maximum Gasteiger partial charge on any atom is 0.275 e. The number of hydrogen-bond donors (Lipinski definition) is 3. The molecule has 0 aromatic heterocycles. The molecule has 0 aliphatic heterocycles. The Morgan fingerprint density at radius 2 is 1.71 bits per heavy atom. The standard InChI is InChI=1S/C22H28FN3O2/c1-14(2)22(17-8-10-18(23)11-9-17)25-12-20(27)24-13-21(28)26-19-7-5-6-15(3)16(19)4/h5-11,14,22,25H,12-13H2,1-4H3,(H,24,27)(H,26,28)/p+1/t22-/m0/s1. The van der Waals surface area contributed by atoms with E-state index in [-0.39, 0.29) is 42.7 Å². The fourth-order valence-electron chi connectivity index (χ4n) is 3.04. The lowest BCUT2D eigenvalue weighted by atomic mass is 9.96. The minimum Gasteiger partial charge on any atom is -0.342 e. The lowest BCUT2D eigenvalue weighted by Gasteiger charge is -2.19. The van der Waals surface area contributed by atoms with Crippen molar-refractivity contribution in [2.45, 2.75) is 33.7 Å². The van der Waals surface area contributed by atoms with Crippen molar-refractivity contribution in [3.8, 4) is 0 Å². The number of anilines is 1. The van der Waals surface area contributed by atoms with Gasteiger partial charge in [0, 0.05) is 17.2 Å². The van der Waals surface area contributed by atoms with Crippen molar-refractivity contribution in [3.63, 3.8) is 0 Å². The van der Waals surface area contributed by atoms with E-state index in [9.17, 15) is 14.0 Å². The van der Waals surface area contributed by atoms with Gasteiger partial charge in [0.2, 0.25) is 5.91 Å². The molecule has 2 amide bonds. The number of carbonyl (C=O) groups is 2. The van der Waals surface area contributed by atoms with E-state index in [2.05, 4.69) is 24.5 Å². The van der Waals surface area contributed by atoms with Crippen LogP contribution in [0.2, 0.25) is 0 Å². The van der Waals surface area contributed by atoms with Gasteiger partial charge in [-0.05, 0) is 43.2 Å². The normalized spacial score (nSPS) is 11.9. The first kappa shape index (κ1) is 21.6. The summed E-state index contributed by atoms with van der Waals surface area (Å²) in [5.74, 6) is -0.491. The second-order valence-electron chi connectivity index (χ2n) is 7.33. The largest absolute Gasteiger partial charge is 0.342 e. The highest BCUT2D eigenvalue weighted by Gasteiger charge is 2.20. The molecule has 0 saturated heterocycles. The van der Waals surface area contributed by atoms with Crippen LogP contribution in [0.5, 0.6) is 0 Å². The molecule has 5 nitrogen and oxygen atoms in total. The van der Waals surface area contributed by atoms with Crippen molar-refractivity contribution < 1.29 is 19.3 Å². The third kappa shape index (κ3) is 6.16. The van der Waals surface area contributed by atoms with Gasteiger partial charge in [-0.2, -0.15) is 0 Å². The van der Waals surface area contributed by atoms with E-state index in [1.807, 2.05) is 37.4 Å². The van der Waals surface area contributed by atoms with Crippen LogP contribution in [0, 0.1) is 25.6 Å². The topological polar surface area (TPSA) is 74.8 Å². The number of hydrogen-bond acceptors (Lipinski definition) is 2. The molecular weight excluding hydrogens is 357 g/mol. The summed E-state index contributed by atoms with van der Waals surface area (Å²) in [5, 5.41) is 7.38. The number of carbonyl (C=O) groups excluding carboxylic acids is 2. The first-order valence-electron chi connectivity index (χ1n) is 9.49. The van der Waals surface area contributed by atoms with Crippen molar-refractivity contribution in [2.75, 3.05) is 18.4 Å². The number of nitrogens with two attached hydrogens (primary N) is 1. The zero-order valence-electron chi connectivity index (χ0n) is 16.9. The van der Waals surface area contributed by atoms with E-state index in [1.54, 1.807) is 12.1 Å². The van der Waals surface area contributed by atoms with Crippen LogP contribution in [-0.2, 0) is 9.59 Å². The molecule has 0 bridgehead atoms. The Bertz CT molecular complexity index is 819. The van der Waals surface area contributed by atoms with Crippen molar-refractivity contribution in [3.05, 3.63) is 65.0 Å². The van der Waals surface area contributed by atoms with Gasteiger partial charge in [0.15, 0.2) is 6.54 Å². The van der Waals surface area contributed by atoms with Crippen LogP contribution in [0.4, 0.5) is 10.1 Å². The molecule has 0 saturated carbocycles. The van der Waals surface area contributed by atoms with Gasteiger partial charge < -0.3 is 16.0 Å². The van der Waals surface area contributed by atoms with E-state index in [1.165, 1.54) is 12.1 Å². The highest BCUT2D eigenvalue weighted by Crippen LogP contribution is 2.18. The summed E-state index contributed by atoms with van der Waals surface area (Å²) >= 11 is 0. The van der Waals surface area contributed by atoms with Crippen molar-refractivity contribution in [2.24, 2.45) is 5.92 Å². The molecule has 150 valence electrons. The van der Waals surface area contributed by atoms with E-state index in [0.29, 0.717) is 0 Å². The summed E-state index contributed by atoms with van der Waals surface area (Å²) in [6.07, 6.45) is 0. The van der Waals surface area contributed by atoms with Crippen molar-refractivity contribution in [1.82, 2.24) is 5.32 Å². The molecule has 2 aromatic rings. The molecular formula is C22H29FN3O2+. The van der Waals surface area contributed by atoms with Crippen molar-refractivity contribution in [1.29, 1.82) is 0 Å². The molecule has 0 radical (unpaired) electrons. The molecule has 0 spiro atoms. The quantitative estimate of drug-likeness (QED) is 0.652. The Morgan fingerprint density at radius 1 is 1.04 bits per heavy atom. The van der Waals surface area contributed by atoms with Crippen LogP contribution in [0.25, 0.3) is 0 Å².